The summed E-state index contributed by atoms with van der Waals surface area (Å²) in [6.45, 7) is 2.32. The van der Waals surface area contributed by atoms with Crippen molar-refractivity contribution in [3.05, 3.63) is 45.9 Å². The van der Waals surface area contributed by atoms with Gasteiger partial charge in [0.2, 0.25) is 0 Å². The molecule has 0 bridgehead atoms. The summed E-state index contributed by atoms with van der Waals surface area (Å²) in [6.07, 6.45) is -0.152. The first kappa shape index (κ1) is 12.6. The highest BCUT2D eigenvalue weighted by Gasteiger charge is 2.04. The monoisotopic (exact) mass is 262 g/mol. The van der Waals surface area contributed by atoms with Gasteiger partial charge in [0.15, 0.2) is 0 Å². The van der Waals surface area contributed by atoms with Gasteiger partial charge in [-0.2, -0.15) is 0 Å². The van der Waals surface area contributed by atoms with Crippen molar-refractivity contribution in [2.75, 3.05) is 0 Å². The van der Waals surface area contributed by atoms with Crippen molar-refractivity contribution in [1.29, 1.82) is 0 Å². The van der Waals surface area contributed by atoms with Crippen LogP contribution in [0.3, 0.4) is 0 Å². The zero-order valence-corrected chi connectivity index (χ0v) is 10.7. The number of para-hydroxylation sites is 1. The second-order valence-corrected chi connectivity index (χ2v) is 4.78. The summed E-state index contributed by atoms with van der Waals surface area (Å²) in [7, 11) is 0. The molecule has 0 aliphatic heterocycles. The Labute approximate surface area is 109 Å². The highest BCUT2D eigenvalue weighted by atomic mass is 32.1. The number of aliphatic carboxylic acids is 1. The Morgan fingerprint density at radius 2 is 2.22 bits per heavy atom. The minimum absolute atomic E-state index is 0.152. The van der Waals surface area contributed by atoms with Gasteiger partial charge in [-0.1, -0.05) is 18.2 Å². The first-order chi connectivity index (χ1) is 8.65. The maximum Gasteiger partial charge on any atom is 0.140 e. The number of nitrogens with zero attached hydrogens (tertiary/aromatic N) is 1. The van der Waals surface area contributed by atoms with E-state index >= 15 is 0 Å². The van der Waals surface area contributed by atoms with E-state index in [0.717, 1.165) is 16.3 Å². The Balaban J connectivity index is 1.96. The number of ether oxygens (including phenoxy) is 1. The molecule has 0 amide bonds. The zero-order chi connectivity index (χ0) is 13.0. The van der Waals surface area contributed by atoms with Crippen molar-refractivity contribution >= 4 is 17.3 Å². The highest BCUT2D eigenvalue weighted by molar-refractivity contribution is 7.09. The van der Waals surface area contributed by atoms with Crippen molar-refractivity contribution in [2.45, 2.75) is 20.0 Å². The summed E-state index contributed by atoms with van der Waals surface area (Å²) in [5.41, 5.74) is 1.58. The maximum atomic E-state index is 10.4. The predicted octanol–water partition coefficient (Wildman–Crippen LogP) is 1.32. The van der Waals surface area contributed by atoms with Crippen molar-refractivity contribution in [3.8, 4) is 5.75 Å². The Hall–Kier alpha value is -1.88. The number of carbonyl (C=O) groups is 1. The van der Waals surface area contributed by atoms with E-state index < -0.39 is 5.97 Å². The van der Waals surface area contributed by atoms with Crippen molar-refractivity contribution in [1.82, 2.24) is 4.98 Å². The molecule has 0 spiro atoms. The minimum Gasteiger partial charge on any atom is -0.550 e. The summed E-state index contributed by atoms with van der Waals surface area (Å²) >= 11 is 1.39. The van der Waals surface area contributed by atoms with Crippen molar-refractivity contribution in [3.63, 3.8) is 0 Å². The fourth-order valence-corrected chi connectivity index (χ4v) is 2.21. The Bertz CT molecular complexity index is 551. The summed E-state index contributed by atoms with van der Waals surface area (Å²) in [4.78, 5) is 14.6. The summed E-state index contributed by atoms with van der Waals surface area (Å²) in [5, 5.41) is 12.9. The van der Waals surface area contributed by atoms with Crippen LogP contribution in [0.2, 0.25) is 0 Å². The van der Waals surface area contributed by atoms with Crippen molar-refractivity contribution in [2.24, 2.45) is 0 Å². The fourth-order valence-electron chi connectivity index (χ4n) is 1.50. The van der Waals surface area contributed by atoms with Crippen LogP contribution in [-0.4, -0.2) is 11.0 Å². The van der Waals surface area contributed by atoms with E-state index in [4.69, 9.17) is 4.74 Å². The van der Waals surface area contributed by atoms with Gasteiger partial charge in [0.25, 0.3) is 0 Å². The highest BCUT2D eigenvalue weighted by Crippen LogP contribution is 2.19. The summed E-state index contributed by atoms with van der Waals surface area (Å²) in [5.74, 6) is -0.305. The van der Waals surface area contributed by atoms with Gasteiger partial charge < -0.3 is 14.6 Å². The van der Waals surface area contributed by atoms with Crippen LogP contribution in [0.1, 0.15) is 16.3 Å². The molecular formula is C13H12NO3S-. The molecule has 94 valence electrons. The molecule has 0 unspecified atom stereocenters. The third kappa shape index (κ3) is 3.30. The average Bonchev–Trinajstić information content (AvgIpc) is 2.75. The Morgan fingerprint density at radius 3 is 2.94 bits per heavy atom. The summed E-state index contributed by atoms with van der Waals surface area (Å²) in [6, 6.07) is 7.72. The molecule has 5 heteroatoms. The summed E-state index contributed by atoms with van der Waals surface area (Å²) < 4.78 is 5.63. The molecule has 2 aromatic rings. The number of rotatable bonds is 5. The standard InChI is InChI=1S/C13H13NO3S/c1-9-4-2-3-5-11(9)17-7-12-14-10(8-18-12)6-13(15)16/h2-5,8H,6-7H2,1H3,(H,15,16)/p-1. The van der Waals surface area contributed by atoms with Crippen LogP contribution < -0.4 is 9.84 Å². The molecular weight excluding hydrogens is 250 g/mol. The number of carboxylic acid groups (broad SMARTS) is 1. The van der Waals surface area contributed by atoms with Gasteiger partial charge in [0, 0.05) is 17.8 Å². The first-order valence-corrected chi connectivity index (χ1v) is 6.34. The van der Waals surface area contributed by atoms with Gasteiger partial charge in [-0.3, -0.25) is 0 Å². The molecule has 0 aliphatic carbocycles. The SMILES string of the molecule is Cc1ccccc1OCc1nc(CC(=O)[O-])cs1. The number of hydrogen-bond donors (Lipinski definition) is 0. The van der Waals surface area contributed by atoms with E-state index in [9.17, 15) is 9.90 Å². The maximum absolute atomic E-state index is 10.4. The quantitative estimate of drug-likeness (QED) is 0.815. The number of carboxylic acids is 1. The molecule has 0 N–H and O–H groups in total. The number of hydrogen-bond acceptors (Lipinski definition) is 5. The fraction of sp³-hybridized carbons (Fsp3) is 0.231. The minimum atomic E-state index is -1.12. The molecule has 18 heavy (non-hydrogen) atoms. The number of aryl methyl sites for hydroxylation is 1. The molecule has 0 saturated heterocycles. The van der Waals surface area contributed by atoms with Gasteiger partial charge in [0.05, 0.1) is 5.69 Å². The zero-order valence-electron chi connectivity index (χ0n) is 9.88. The van der Waals surface area contributed by atoms with Gasteiger partial charge in [-0.15, -0.1) is 11.3 Å². The van der Waals surface area contributed by atoms with Crippen LogP contribution in [0.5, 0.6) is 5.75 Å². The van der Waals surface area contributed by atoms with Crippen LogP contribution in [0.15, 0.2) is 29.6 Å². The third-order valence-corrected chi connectivity index (χ3v) is 3.24. The second-order valence-electron chi connectivity index (χ2n) is 3.84. The van der Waals surface area contributed by atoms with Crippen LogP contribution in [-0.2, 0) is 17.8 Å². The molecule has 0 atom stereocenters. The molecule has 1 aromatic heterocycles. The van der Waals surface area contributed by atoms with Gasteiger partial charge in [0.1, 0.15) is 17.4 Å². The molecule has 1 aromatic carbocycles. The molecule has 4 nitrogen and oxygen atoms in total. The lowest BCUT2D eigenvalue weighted by molar-refractivity contribution is -0.304. The topological polar surface area (TPSA) is 62.2 Å². The van der Waals surface area contributed by atoms with Crippen LogP contribution in [0.25, 0.3) is 0 Å². The lowest BCUT2D eigenvalue weighted by Gasteiger charge is -2.06. The van der Waals surface area contributed by atoms with E-state index in [2.05, 4.69) is 4.98 Å². The van der Waals surface area contributed by atoms with Gasteiger partial charge in [-0.25, -0.2) is 4.98 Å². The largest absolute Gasteiger partial charge is 0.550 e. The van der Waals surface area contributed by atoms with E-state index in [1.165, 1.54) is 11.3 Å². The smallest absolute Gasteiger partial charge is 0.140 e. The third-order valence-electron chi connectivity index (χ3n) is 2.37. The number of aromatic nitrogens is 1. The normalized spacial score (nSPS) is 10.3. The van der Waals surface area contributed by atoms with Gasteiger partial charge in [-0.05, 0) is 18.6 Å². The number of carbonyl (C=O) groups excluding carboxylic acids is 1. The Kier molecular flexibility index (Phi) is 3.94. The van der Waals surface area contributed by atoms with Crippen LogP contribution in [0.4, 0.5) is 0 Å². The number of thiazole rings is 1. The predicted molar refractivity (Wildman–Crippen MR) is 66.3 cm³/mol. The lowest BCUT2D eigenvalue weighted by atomic mass is 10.2. The molecule has 2 rings (SSSR count). The number of benzene rings is 1. The first-order valence-electron chi connectivity index (χ1n) is 5.46. The molecule has 0 radical (unpaired) electrons. The van der Waals surface area contributed by atoms with E-state index in [1.54, 1.807) is 5.38 Å². The molecule has 0 fully saturated rings. The molecule has 0 saturated carbocycles. The van der Waals surface area contributed by atoms with E-state index in [0.29, 0.717) is 12.3 Å². The Morgan fingerprint density at radius 1 is 1.44 bits per heavy atom. The van der Waals surface area contributed by atoms with Crippen LogP contribution in [0, 0.1) is 6.92 Å². The average molecular weight is 262 g/mol. The molecule has 0 aliphatic rings. The van der Waals surface area contributed by atoms with E-state index in [1.807, 2.05) is 31.2 Å². The lowest BCUT2D eigenvalue weighted by Crippen LogP contribution is -2.24. The van der Waals surface area contributed by atoms with Crippen molar-refractivity contribution < 1.29 is 14.6 Å². The van der Waals surface area contributed by atoms with Gasteiger partial charge >= 0.3 is 0 Å². The second kappa shape index (κ2) is 5.64. The van der Waals surface area contributed by atoms with E-state index in [-0.39, 0.29) is 6.42 Å². The molecule has 1 heterocycles. The van der Waals surface area contributed by atoms with Crippen LogP contribution >= 0.6 is 11.3 Å².